The van der Waals surface area contributed by atoms with Crippen molar-refractivity contribution in [2.24, 2.45) is 0 Å². The van der Waals surface area contributed by atoms with Crippen molar-refractivity contribution in [1.29, 1.82) is 0 Å². The number of aliphatic carboxylic acids is 1. The highest BCUT2D eigenvalue weighted by atomic mass is 16.8. The van der Waals surface area contributed by atoms with Crippen LogP contribution in [0.2, 0.25) is 0 Å². The van der Waals surface area contributed by atoms with Gasteiger partial charge in [-0.3, -0.25) is 9.59 Å². The van der Waals surface area contributed by atoms with E-state index in [0.29, 0.717) is 28.4 Å². The van der Waals surface area contributed by atoms with E-state index in [-0.39, 0.29) is 12.4 Å². The van der Waals surface area contributed by atoms with Crippen molar-refractivity contribution in [2.45, 2.75) is 50.8 Å². The topological polar surface area (TPSA) is 148 Å². The highest BCUT2D eigenvalue weighted by molar-refractivity contribution is 5.94. The Hall–Kier alpha value is -3.71. The van der Waals surface area contributed by atoms with Gasteiger partial charge in [-0.2, -0.15) is 0 Å². The Labute approximate surface area is 225 Å². The third kappa shape index (κ3) is 6.66. The molecule has 2 aliphatic heterocycles. The molecule has 2 N–H and O–H groups in total. The van der Waals surface area contributed by atoms with Gasteiger partial charge in [0.1, 0.15) is 36.7 Å². The number of carbonyl (C=O) groups excluding carboxylic acids is 2. The maximum atomic E-state index is 12.2. The molecule has 0 aromatic heterocycles. The van der Waals surface area contributed by atoms with E-state index in [1.807, 2.05) is 0 Å². The van der Waals surface area contributed by atoms with Gasteiger partial charge < -0.3 is 43.6 Å². The molecule has 1 amide bonds. The van der Waals surface area contributed by atoms with Crippen molar-refractivity contribution in [2.75, 3.05) is 27.4 Å². The Morgan fingerprint density at radius 1 is 1.03 bits per heavy atom. The van der Waals surface area contributed by atoms with Crippen molar-refractivity contribution in [3.63, 3.8) is 0 Å². The minimum Gasteiger partial charge on any atom is -0.493 e. The quantitative estimate of drug-likeness (QED) is 0.423. The average molecular weight is 546 g/mol. The number of ether oxygens (including phenoxy) is 7. The second-order valence-electron chi connectivity index (χ2n) is 9.02. The highest BCUT2D eigenvalue weighted by Gasteiger charge is 2.52. The SMILES string of the molecule is COc1ccc(C2OCC3OC(Oc4cccc(C(C)=O)c4)C(NC(C)=O)C(OCC(=O)O)C3O2)cc1OC. The third-order valence-corrected chi connectivity index (χ3v) is 6.28. The molecule has 2 saturated heterocycles. The van der Waals surface area contributed by atoms with Crippen LogP contribution >= 0.6 is 0 Å². The van der Waals surface area contributed by atoms with Crippen LogP contribution < -0.4 is 19.5 Å². The van der Waals surface area contributed by atoms with Gasteiger partial charge in [0.15, 0.2) is 23.6 Å². The summed E-state index contributed by atoms with van der Waals surface area (Å²) in [6.07, 6.45) is -4.53. The summed E-state index contributed by atoms with van der Waals surface area (Å²) in [7, 11) is 3.03. The molecule has 12 nitrogen and oxygen atoms in total. The summed E-state index contributed by atoms with van der Waals surface area (Å²) in [5, 5.41) is 12.1. The van der Waals surface area contributed by atoms with Crippen molar-refractivity contribution in [3.05, 3.63) is 53.6 Å². The molecule has 6 unspecified atom stereocenters. The Morgan fingerprint density at radius 2 is 1.79 bits per heavy atom. The minimum absolute atomic E-state index is 0.0523. The van der Waals surface area contributed by atoms with Crippen LogP contribution in [0, 0.1) is 0 Å². The van der Waals surface area contributed by atoms with E-state index in [4.69, 9.17) is 33.2 Å². The van der Waals surface area contributed by atoms with Crippen LogP contribution in [-0.2, 0) is 28.5 Å². The average Bonchev–Trinajstić information content (AvgIpc) is 2.92. The van der Waals surface area contributed by atoms with Gasteiger partial charge in [-0.25, -0.2) is 4.79 Å². The summed E-state index contributed by atoms with van der Waals surface area (Å²) in [5.41, 5.74) is 1.05. The number of carboxylic acids is 1. The normalized spacial score (nSPS) is 26.2. The Kier molecular flexibility index (Phi) is 9.02. The number of carbonyl (C=O) groups is 3. The summed E-state index contributed by atoms with van der Waals surface area (Å²) in [5.74, 6) is -0.450. The number of benzene rings is 2. The number of rotatable bonds is 10. The lowest BCUT2D eigenvalue weighted by atomic mass is 9.95. The smallest absolute Gasteiger partial charge is 0.329 e. The standard InChI is InChI=1S/C27H31NO11/c1-14(29)16-6-5-7-18(10-16)37-27-23(28-15(2)30)25(35-13-22(31)32)24-21(38-27)12-36-26(39-24)17-8-9-19(33-3)20(11-17)34-4/h5-11,21,23-27H,12-13H2,1-4H3,(H,28,30)(H,31,32). The van der Waals surface area contributed by atoms with Gasteiger partial charge in [-0.15, -0.1) is 0 Å². The van der Waals surface area contributed by atoms with Crippen molar-refractivity contribution < 1.29 is 52.6 Å². The third-order valence-electron chi connectivity index (χ3n) is 6.28. The molecule has 12 heteroatoms. The first-order valence-corrected chi connectivity index (χ1v) is 12.2. The number of Topliss-reactive ketones (excluding diaryl/α,β-unsaturated/α-hetero) is 1. The van der Waals surface area contributed by atoms with Gasteiger partial charge in [0.2, 0.25) is 12.2 Å². The molecule has 0 bridgehead atoms. The number of hydrogen-bond acceptors (Lipinski definition) is 10. The molecule has 2 aromatic rings. The number of nitrogens with one attached hydrogen (secondary N) is 1. The van der Waals surface area contributed by atoms with Crippen molar-refractivity contribution >= 4 is 17.7 Å². The van der Waals surface area contributed by atoms with Crippen molar-refractivity contribution in [3.8, 4) is 17.2 Å². The predicted molar refractivity (Wildman–Crippen MR) is 134 cm³/mol. The summed E-state index contributed by atoms with van der Waals surface area (Å²) < 4.78 is 40.8. The van der Waals surface area contributed by atoms with E-state index >= 15 is 0 Å². The van der Waals surface area contributed by atoms with Gasteiger partial charge >= 0.3 is 5.97 Å². The number of methoxy groups -OCH3 is 2. The maximum Gasteiger partial charge on any atom is 0.329 e. The molecule has 0 saturated carbocycles. The largest absolute Gasteiger partial charge is 0.493 e. The lowest BCUT2D eigenvalue weighted by Crippen LogP contribution is -2.68. The molecular weight excluding hydrogens is 514 g/mol. The number of carboxylic acid groups (broad SMARTS) is 1. The van der Waals surface area contributed by atoms with Crippen LogP contribution in [-0.4, -0.2) is 80.8 Å². The minimum atomic E-state index is -1.20. The van der Waals surface area contributed by atoms with Gasteiger partial charge in [0, 0.05) is 18.1 Å². The van der Waals surface area contributed by atoms with E-state index in [9.17, 15) is 19.5 Å². The molecule has 2 fully saturated rings. The summed E-state index contributed by atoms with van der Waals surface area (Å²) >= 11 is 0. The van der Waals surface area contributed by atoms with Crippen LogP contribution in [0.3, 0.4) is 0 Å². The van der Waals surface area contributed by atoms with Gasteiger partial charge in [-0.1, -0.05) is 18.2 Å². The fourth-order valence-electron chi connectivity index (χ4n) is 4.52. The molecule has 6 atom stereocenters. The van der Waals surface area contributed by atoms with E-state index in [1.165, 1.54) is 28.1 Å². The van der Waals surface area contributed by atoms with Gasteiger partial charge in [0.25, 0.3) is 0 Å². The van der Waals surface area contributed by atoms with Gasteiger partial charge in [0.05, 0.1) is 20.8 Å². The number of hydrogen-bond donors (Lipinski definition) is 2. The van der Waals surface area contributed by atoms with Gasteiger partial charge in [-0.05, 0) is 31.2 Å². The molecule has 0 radical (unpaired) electrons. The summed E-state index contributed by atoms with van der Waals surface area (Å²) in [4.78, 5) is 35.5. The van der Waals surface area contributed by atoms with Crippen molar-refractivity contribution in [1.82, 2.24) is 5.32 Å². The molecule has 4 rings (SSSR count). The monoisotopic (exact) mass is 545 g/mol. The highest BCUT2D eigenvalue weighted by Crippen LogP contribution is 2.38. The van der Waals surface area contributed by atoms with E-state index in [0.717, 1.165) is 0 Å². The molecule has 0 aliphatic carbocycles. The first-order valence-electron chi connectivity index (χ1n) is 12.2. The zero-order chi connectivity index (χ0) is 28.1. The molecule has 39 heavy (non-hydrogen) atoms. The molecule has 2 heterocycles. The summed E-state index contributed by atoms with van der Waals surface area (Å²) in [6, 6.07) is 10.7. The summed E-state index contributed by atoms with van der Waals surface area (Å²) in [6.45, 7) is 2.14. The lowest BCUT2D eigenvalue weighted by molar-refractivity contribution is -0.337. The maximum absolute atomic E-state index is 12.2. The Bertz CT molecular complexity index is 1200. The van der Waals surface area contributed by atoms with Crippen LogP contribution in [0.1, 0.15) is 36.1 Å². The van der Waals surface area contributed by atoms with E-state index in [1.54, 1.807) is 42.5 Å². The van der Waals surface area contributed by atoms with E-state index in [2.05, 4.69) is 5.32 Å². The lowest BCUT2D eigenvalue weighted by Gasteiger charge is -2.49. The fourth-order valence-corrected chi connectivity index (χ4v) is 4.52. The van der Waals surface area contributed by atoms with E-state index < -0.39 is 55.4 Å². The molecular formula is C27H31NO11. The second kappa shape index (κ2) is 12.4. The zero-order valence-corrected chi connectivity index (χ0v) is 21.9. The number of amides is 1. The van der Waals surface area contributed by atoms with Crippen LogP contribution in [0.4, 0.5) is 0 Å². The molecule has 0 spiro atoms. The van der Waals surface area contributed by atoms with Crippen LogP contribution in [0.15, 0.2) is 42.5 Å². The predicted octanol–water partition coefficient (Wildman–Crippen LogP) is 2.10. The second-order valence-corrected chi connectivity index (χ2v) is 9.02. The zero-order valence-electron chi connectivity index (χ0n) is 21.9. The number of fused-ring (bicyclic) bond motifs is 1. The molecule has 2 aliphatic rings. The number of ketones is 1. The van der Waals surface area contributed by atoms with Crippen LogP contribution in [0.5, 0.6) is 17.2 Å². The molecule has 210 valence electrons. The molecule has 2 aromatic carbocycles. The Balaban J connectivity index is 1.63. The first-order chi connectivity index (χ1) is 18.7. The van der Waals surface area contributed by atoms with Crippen LogP contribution in [0.25, 0.3) is 0 Å². The first kappa shape index (κ1) is 28.3. The Morgan fingerprint density at radius 3 is 2.46 bits per heavy atom. The fraction of sp³-hybridized carbons (Fsp3) is 0.444.